The van der Waals surface area contributed by atoms with Gasteiger partial charge in [0, 0.05) is 11.3 Å². The van der Waals surface area contributed by atoms with Gasteiger partial charge in [-0.25, -0.2) is 0 Å². The van der Waals surface area contributed by atoms with Crippen LogP contribution in [0.15, 0.2) is 23.8 Å². The number of rotatable bonds is 1. The largest absolute Gasteiger partial charge is 0.368 e. The van der Waals surface area contributed by atoms with E-state index in [9.17, 15) is 15.0 Å². The van der Waals surface area contributed by atoms with Crippen LogP contribution in [0.1, 0.15) is 44.9 Å². The molecule has 0 aromatic heterocycles. The van der Waals surface area contributed by atoms with Gasteiger partial charge in [0.05, 0.1) is 0 Å². The average molecular weight is 288 g/mol. The monoisotopic (exact) mass is 288 g/mol. The minimum Gasteiger partial charge on any atom is -0.368 e. The van der Waals surface area contributed by atoms with Crippen LogP contribution in [-0.2, 0) is 4.79 Å². The first-order valence-electron chi connectivity index (χ1n) is 8.40. The van der Waals surface area contributed by atoms with Gasteiger partial charge in [-0.05, 0) is 68.4 Å². The quantitative estimate of drug-likeness (QED) is 0.729. The number of carbonyl (C=O) groups is 1. The van der Waals surface area contributed by atoms with Crippen LogP contribution in [0, 0.1) is 29.1 Å². The minimum atomic E-state index is -1.16. The van der Waals surface area contributed by atoms with E-state index in [0.717, 1.165) is 44.9 Å². The molecule has 0 heterocycles. The van der Waals surface area contributed by atoms with E-state index >= 15 is 0 Å². The highest BCUT2D eigenvalue weighted by Crippen LogP contribution is 2.62. The molecule has 5 atom stereocenters. The van der Waals surface area contributed by atoms with E-state index in [1.54, 1.807) is 6.08 Å². The summed E-state index contributed by atoms with van der Waals surface area (Å²) in [4.78, 5) is 11.6. The van der Waals surface area contributed by atoms with Gasteiger partial charge in [-0.3, -0.25) is 4.79 Å². The molecule has 0 aromatic rings. The van der Waals surface area contributed by atoms with E-state index in [-0.39, 0.29) is 11.2 Å². The van der Waals surface area contributed by atoms with Crippen molar-refractivity contribution < 1.29 is 15.0 Å². The Kier molecular flexibility index (Phi) is 3.13. The predicted molar refractivity (Wildman–Crippen MR) is 79.2 cm³/mol. The molecule has 3 nitrogen and oxygen atoms in total. The molecule has 0 spiro atoms. The van der Waals surface area contributed by atoms with Crippen LogP contribution >= 0.6 is 0 Å². The fraction of sp³-hybridized carbons (Fsp3) is 0.722. The van der Waals surface area contributed by atoms with E-state index < -0.39 is 6.29 Å². The summed E-state index contributed by atoms with van der Waals surface area (Å²) in [7, 11) is 0. The summed E-state index contributed by atoms with van der Waals surface area (Å²) in [5, 5.41) is 20.0. The molecule has 0 saturated heterocycles. The van der Waals surface area contributed by atoms with Gasteiger partial charge in [0.2, 0.25) is 0 Å². The lowest BCUT2D eigenvalue weighted by Crippen LogP contribution is -2.50. The van der Waals surface area contributed by atoms with E-state index in [4.69, 9.17) is 0 Å². The second-order valence-corrected chi connectivity index (χ2v) is 7.52. The van der Waals surface area contributed by atoms with Crippen molar-refractivity contribution in [1.82, 2.24) is 0 Å². The summed E-state index contributed by atoms with van der Waals surface area (Å²) in [6.45, 7) is 0. The molecule has 3 saturated carbocycles. The van der Waals surface area contributed by atoms with Crippen molar-refractivity contribution in [2.45, 2.75) is 51.2 Å². The summed E-state index contributed by atoms with van der Waals surface area (Å²) >= 11 is 0. The Hall–Kier alpha value is -0.930. The molecule has 0 amide bonds. The zero-order chi connectivity index (χ0) is 14.6. The van der Waals surface area contributed by atoms with Crippen LogP contribution in [0.25, 0.3) is 0 Å². The van der Waals surface area contributed by atoms with Crippen molar-refractivity contribution in [1.29, 1.82) is 0 Å². The molecule has 0 aliphatic heterocycles. The van der Waals surface area contributed by atoms with Gasteiger partial charge >= 0.3 is 0 Å². The molecule has 21 heavy (non-hydrogen) atoms. The molecular weight excluding hydrogens is 264 g/mol. The molecule has 3 heteroatoms. The van der Waals surface area contributed by atoms with Crippen molar-refractivity contribution in [2.24, 2.45) is 29.1 Å². The van der Waals surface area contributed by atoms with Crippen molar-refractivity contribution in [2.75, 3.05) is 0 Å². The summed E-state index contributed by atoms with van der Waals surface area (Å²) in [5.74, 6) is 2.23. The Labute approximate surface area is 125 Å². The van der Waals surface area contributed by atoms with Crippen LogP contribution in [-0.4, -0.2) is 22.3 Å². The molecule has 4 rings (SSSR count). The van der Waals surface area contributed by atoms with Crippen molar-refractivity contribution >= 4 is 5.78 Å². The van der Waals surface area contributed by atoms with Crippen molar-refractivity contribution in [3.63, 3.8) is 0 Å². The highest BCUT2D eigenvalue weighted by molar-refractivity contribution is 6.00. The molecule has 0 radical (unpaired) electrons. The van der Waals surface area contributed by atoms with E-state index in [0.29, 0.717) is 23.7 Å². The molecular formula is C18H24O3. The van der Waals surface area contributed by atoms with Crippen LogP contribution < -0.4 is 0 Å². The van der Waals surface area contributed by atoms with Gasteiger partial charge in [-0.1, -0.05) is 18.1 Å². The Bertz CT molecular complexity index is 519. The van der Waals surface area contributed by atoms with Crippen LogP contribution in [0.2, 0.25) is 0 Å². The molecule has 4 aliphatic rings. The number of hydrogen-bond acceptors (Lipinski definition) is 3. The van der Waals surface area contributed by atoms with Gasteiger partial charge in [0.15, 0.2) is 12.1 Å². The Morgan fingerprint density at radius 3 is 2.81 bits per heavy atom. The highest BCUT2D eigenvalue weighted by Gasteiger charge is 2.56. The fourth-order valence-electron chi connectivity index (χ4n) is 5.97. The Balaban J connectivity index is 1.65. The molecule has 0 unspecified atom stereocenters. The molecule has 0 aromatic carbocycles. The summed E-state index contributed by atoms with van der Waals surface area (Å²) < 4.78 is 0. The predicted octanol–water partition coefficient (Wildman–Crippen LogP) is 2.59. The lowest BCUT2D eigenvalue weighted by atomic mass is 9.52. The number of hydrogen-bond donors (Lipinski definition) is 2. The number of allylic oxidation sites excluding steroid dienone is 4. The maximum Gasteiger partial charge on any atom is 0.178 e. The molecule has 114 valence electrons. The first kappa shape index (κ1) is 13.7. The van der Waals surface area contributed by atoms with E-state index in [2.05, 4.69) is 6.08 Å². The SMILES string of the molecule is O=C1C=C[C@H]2C(=C1)CC[C@@H]1[C@@H]2CC[C@]2(C(O)O)CCC[C@@H]12. The molecule has 3 fully saturated rings. The smallest absolute Gasteiger partial charge is 0.178 e. The molecule has 2 N–H and O–H groups in total. The zero-order valence-electron chi connectivity index (χ0n) is 12.4. The van der Waals surface area contributed by atoms with Gasteiger partial charge in [0.1, 0.15) is 0 Å². The standard InChI is InChI=1S/C18H24O3/c19-12-4-6-13-11(10-12)3-5-15-14(13)7-9-18(17(20)21)8-1-2-16(15)18/h4,6,10,13-17,20-21H,1-3,5,7-9H2/t13-,14+,15+,16-,18+/m0/s1. The number of fused-ring (bicyclic) bond motifs is 5. The second kappa shape index (κ2) is 4.79. The average Bonchev–Trinajstić information content (AvgIpc) is 2.92. The zero-order valence-corrected chi connectivity index (χ0v) is 12.4. The lowest BCUT2D eigenvalue weighted by Gasteiger charge is -2.53. The maximum atomic E-state index is 11.6. The fourth-order valence-corrected chi connectivity index (χ4v) is 5.97. The molecule has 0 bridgehead atoms. The summed E-state index contributed by atoms with van der Waals surface area (Å²) in [6, 6.07) is 0. The van der Waals surface area contributed by atoms with E-state index in [1.807, 2.05) is 6.08 Å². The first-order chi connectivity index (χ1) is 10.1. The van der Waals surface area contributed by atoms with Gasteiger partial charge in [0.25, 0.3) is 0 Å². The van der Waals surface area contributed by atoms with Gasteiger partial charge in [-0.2, -0.15) is 0 Å². The highest BCUT2D eigenvalue weighted by atomic mass is 16.5. The van der Waals surface area contributed by atoms with Crippen molar-refractivity contribution in [3.8, 4) is 0 Å². The van der Waals surface area contributed by atoms with Crippen molar-refractivity contribution in [3.05, 3.63) is 23.8 Å². The third kappa shape index (κ3) is 1.90. The van der Waals surface area contributed by atoms with E-state index in [1.165, 1.54) is 5.57 Å². The number of carbonyl (C=O) groups excluding carboxylic acids is 1. The number of ketones is 1. The number of aliphatic hydroxyl groups excluding tert-OH is 1. The summed E-state index contributed by atoms with van der Waals surface area (Å²) in [5.41, 5.74) is 1.08. The lowest BCUT2D eigenvalue weighted by molar-refractivity contribution is -0.182. The Morgan fingerprint density at radius 1 is 1.14 bits per heavy atom. The van der Waals surface area contributed by atoms with Crippen LogP contribution in [0.4, 0.5) is 0 Å². The minimum absolute atomic E-state index is 0.136. The normalized spacial score (nSPS) is 45.1. The third-order valence-corrected chi connectivity index (χ3v) is 6.87. The number of aliphatic hydroxyl groups is 2. The van der Waals surface area contributed by atoms with Crippen LogP contribution in [0.3, 0.4) is 0 Å². The van der Waals surface area contributed by atoms with Gasteiger partial charge in [-0.15, -0.1) is 0 Å². The maximum absolute atomic E-state index is 11.6. The second-order valence-electron chi connectivity index (χ2n) is 7.52. The Morgan fingerprint density at radius 2 is 2.00 bits per heavy atom. The first-order valence-corrected chi connectivity index (χ1v) is 8.40. The summed E-state index contributed by atoms with van der Waals surface area (Å²) in [6.07, 6.45) is 11.9. The van der Waals surface area contributed by atoms with Crippen LogP contribution in [0.5, 0.6) is 0 Å². The molecule has 4 aliphatic carbocycles. The topological polar surface area (TPSA) is 57.5 Å². The third-order valence-electron chi connectivity index (χ3n) is 6.87. The van der Waals surface area contributed by atoms with Gasteiger partial charge < -0.3 is 10.2 Å².